The van der Waals surface area contributed by atoms with Crippen LogP contribution in [-0.4, -0.2) is 23.2 Å². The lowest BCUT2D eigenvalue weighted by Gasteiger charge is -2.25. The van der Waals surface area contributed by atoms with Gasteiger partial charge in [-0.1, -0.05) is 0 Å². The number of carbonyl (C=O) groups is 1. The van der Waals surface area contributed by atoms with E-state index in [2.05, 4.69) is 32.0 Å². The fourth-order valence-electron chi connectivity index (χ4n) is 1.56. The summed E-state index contributed by atoms with van der Waals surface area (Å²) in [5, 5.41) is 12.1. The molecule has 13 heavy (non-hydrogen) atoms. The van der Waals surface area contributed by atoms with Crippen molar-refractivity contribution in [2.24, 2.45) is 0 Å². The summed E-state index contributed by atoms with van der Waals surface area (Å²) in [4.78, 5) is 13.4. The zero-order chi connectivity index (χ0) is 9.68. The van der Waals surface area contributed by atoms with Crippen LogP contribution in [0.25, 0.3) is 0 Å². The zero-order valence-corrected chi connectivity index (χ0v) is 8.80. The summed E-state index contributed by atoms with van der Waals surface area (Å²) in [7, 11) is 0. The van der Waals surface area contributed by atoms with Crippen molar-refractivity contribution >= 4 is 21.8 Å². The third kappa shape index (κ3) is 3.79. The van der Waals surface area contributed by atoms with E-state index in [4.69, 9.17) is 0 Å². The molecular formula is C9H12BrNO2. The standard InChI is InChI=1S/C9H12BrNO2/c10-5-4-9(13)11-7-2-1-3-8(12)6-7/h7-8,12H,1-3,6H2,(H,11,13). The minimum Gasteiger partial charge on any atom is -0.393 e. The third-order valence-electron chi connectivity index (χ3n) is 2.14. The van der Waals surface area contributed by atoms with E-state index >= 15 is 0 Å². The predicted octanol–water partition coefficient (Wildman–Crippen LogP) is 0.762. The lowest BCUT2D eigenvalue weighted by molar-refractivity contribution is -0.116. The number of carbonyl (C=O) groups excluding carboxylic acids is 1. The molecule has 0 aromatic rings. The summed E-state index contributed by atoms with van der Waals surface area (Å²) in [6.45, 7) is 0. The number of hydrogen-bond donors (Lipinski definition) is 2. The van der Waals surface area contributed by atoms with Gasteiger partial charge in [-0.2, -0.15) is 0 Å². The summed E-state index contributed by atoms with van der Waals surface area (Å²) in [5.74, 6) is 2.06. The van der Waals surface area contributed by atoms with E-state index in [1.54, 1.807) is 0 Å². The molecule has 1 fully saturated rings. The molecular weight excluding hydrogens is 234 g/mol. The third-order valence-corrected chi connectivity index (χ3v) is 2.34. The van der Waals surface area contributed by atoms with E-state index in [0.717, 1.165) is 19.3 Å². The summed E-state index contributed by atoms with van der Waals surface area (Å²) in [6, 6.07) is 0.0876. The topological polar surface area (TPSA) is 49.3 Å². The van der Waals surface area contributed by atoms with Crippen LogP contribution < -0.4 is 5.32 Å². The average Bonchev–Trinajstić information content (AvgIpc) is 2.04. The van der Waals surface area contributed by atoms with E-state index in [0.29, 0.717) is 6.42 Å². The quantitative estimate of drug-likeness (QED) is 0.671. The second-order valence-corrected chi connectivity index (χ2v) is 3.61. The molecule has 0 aromatic heterocycles. The highest BCUT2D eigenvalue weighted by Crippen LogP contribution is 2.17. The molecule has 2 unspecified atom stereocenters. The number of halogens is 1. The fraction of sp³-hybridized carbons (Fsp3) is 0.667. The van der Waals surface area contributed by atoms with Crippen molar-refractivity contribution in [1.82, 2.24) is 5.32 Å². The van der Waals surface area contributed by atoms with Gasteiger partial charge in [-0.25, -0.2) is 0 Å². The van der Waals surface area contributed by atoms with Gasteiger partial charge in [-0.05, 0) is 30.5 Å². The monoisotopic (exact) mass is 245 g/mol. The maximum Gasteiger partial charge on any atom is 0.296 e. The van der Waals surface area contributed by atoms with Crippen molar-refractivity contribution in [3.8, 4) is 10.8 Å². The molecule has 72 valence electrons. The Morgan fingerprint density at radius 1 is 1.54 bits per heavy atom. The van der Waals surface area contributed by atoms with Gasteiger partial charge in [-0.15, -0.1) is 0 Å². The van der Waals surface area contributed by atoms with Crippen LogP contribution in [0.4, 0.5) is 0 Å². The molecule has 1 amide bonds. The maximum atomic E-state index is 11.0. The summed E-state index contributed by atoms with van der Waals surface area (Å²) in [5.41, 5.74) is 0. The molecule has 0 saturated heterocycles. The van der Waals surface area contributed by atoms with Gasteiger partial charge in [0.15, 0.2) is 0 Å². The number of hydrogen-bond acceptors (Lipinski definition) is 2. The zero-order valence-electron chi connectivity index (χ0n) is 7.22. The van der Waals surface area contributed by atoms with E-state index in [1.807, 2.05) is 0 Å². The first kappa shape index (κ1) is 10.6. The van der Waals surface area contributed by atoms with Crippen molar-refractivity contribution in [1.29, 1.82) is 0 Å². The Bertz CT molecular complexity index is 244. The Labute approximate surface area is 86.0 Å². The van der Waals surface area contributed by atoms with Crippen molar-refractivity contribution < 1.29 is 9.90 Å². The highest BCUT2D eigenvalue weighted by Gasteiger charge is 2.20. The molecule has 0 heterocycles. The van der Waals surface area contributed by atoms with E-state index in [1.165, 1.54) is 0 Å². The maximum absolute atomic E-state index is 11.0. The number of nitrogens with one attached hydrogen (secondary N) is 1. The van der Waals surface area contributed by atoms with Crippen LogP contribution >= 0.6 is 15.9 Å². The molecule has 1 aliphatic rings. The molecule has 4 heteroatoms. The van der Waals surface area contributed by atoms with Crippen LogP contribution in [0.5, 0.6) is 0 Å². The highest BCUT2D eigenvalue weighted by atomic mass is 79.9. The summed E-state index contributed by atoms with van der Waals surface area (Å²) >= 11 is 2.86. The Morgan fingerprint density at radius 3 is 2.92 bits per heavy atom. The van der Waals surface area contributed by atoms with Crippen molar-refractivity contribution in [3.05, 3.63) is 0 Å². The lowest BCUT2D eigenvalue weighted by Crippen LogP contribution is -2.39. The molecule has 2 N–H and O–H groups in total. The van der Waals surface area contributed by atoms with E-state index < -0.39 is 0 Å². The number of aliphatic hydroxyl groups excluding tert-OH is 1. The van der Waals surface area contributed by atoms with Gasteiger partial charge in [0.25, 0.3) is 5.91 Å². The van der Waals surface area contributed by atoms with Crippen LogP contribution in [-0.2, 0) is 4.79 Å². The summed E-state index contributed by atoms with van der Waals surface area (Å²) in [6.07, 6.45) is 3.13. The fourth-order valence-corrected chi connectivity index (χ4v) is 1.74. The molecule has 0 aliphatic heterocycles. The van der Waals surface area contributed by atoms with Gasteiger partial charge in [0.05, 0.1) is 6.10 Å². The first-order valence-corrected chi connectivity index (χ1v) is 5.12. The molecule has 0 spiro atoms. The number of amides is 1. The largest absolute Gasteiger partial charge is 0.393 e. The second kappa shape index (κ2) is 5.25. The van der Waals surface area contributed by atoms with Gasteiger partial charge in [0.2, 0.25) is 0 Å². The average molecular weight is 246 g/mol. The smallest absolute Gasteiger partial charge is 0.296 e. The van der Waals surface area contributed by atoms with Crippen LogP contribution in [0, 0.1) is 10.8 Å². The van der Waals surface area contributed by atoms with Gasteiger partial charge in [0, 0.05) is 27.9 Å². The minimum absolute atomic E-state index is 0.0876. The van der Waals surface area contributed by atoms with Gasteiger partial charge < -0.3 is 10.4 Å². The number of aliphatic hydroxyl groups is 1. The lowest BCUT2D eigenvalue weighted by atomic mass is 9.93. The molecule has 1 saturated carbocycles. The van der Waals surface area contributed by atoms with E-state index in [9.17, 15) is 9.90 Å². The predicted molar refractivity (Wildman–Crippen MR) is 53.1 cm³/mol. The molecule has 1 aliphatic carbocycles. The van der Waals surface area contributed by atoms with Crippen molar-refractivity contribution in [2.75, 3.05) is 0 Å². The molecule has 0 aromatic carbocycles. The van der Waals surface area contributed by atoms with Gasteiger partial charge in [0.1, 0.15) is 0 Å². The Morgan fingerprint density at radius 2 is 2.31 bits per heavy atom. The molecule has 0 radical (unpaired) electrons. The van der Waals surface area contributed by atoms with Crippen LogP contribution in [0.1, 0.15) is 25.7 Å². The first-order chi connectivity index (χ1) is 6.22. The van der Waals surface area contributed by atoms with Crippen LogP contribution in [0.3, 0.4) is 0 Å². The highest BCUT2D eigenvalue weighted by molar-refractivity contribution is 9.12. The van der Waals surface area contributed by atoms with E-state index in [-0.39, 0.29) is 18.1 Å². The van der Waals surface area contributed by atoms with Gasteiger partial charge in [-0.3, -0.25) is 4.79 Å². The molecule has 3 nitrogen and oxygen atoms in total. The second-order valence-electron chi connectivity index (χ2n) is 3.21. The van der Waals surface area contributed by atoms with Crippen molar-refractivity contribution in [2.45, 2.75) is 37.8 Å². The first-order valence-electron chi connectivity index (χ1n) is 4.32. The SMILES string of the molecule is O=C(C#CBr)NC1CCCC(O)C1. The summed E-state index contributed by atoms with van der Waals surface area (Å²) < 4.78 is 0. The molecule has 0 bridgehead atoms. The Hall–Kier alpha value is -0.530. The minimum atomic E-state index is -0.282. The number of rotatable bonds is 1. The Kier molecular flexibility index (Phi) is 4.26. The Balaban J connectivity index is 2.34. The molecule has 2 atom stereocenters. The molecule has 1 rings (SSSR count). The van der Waals surface area contributed by atoms with Gasteiger partial charge >= 0.3 is 0 Å². The van der Waals surface area contributed by atoms with Crippen molar-refractivity contribution in [3.63, 3.8) is 0 Å². The van der Waals surface area contributed by atoms with Crippen LogP contribution in [0.2, 0.25) is 0 Å². The van der Waals surface area contributed by atoms with Crippen LogP contribution in [0.15, 0.2) is 0 Å². The normalized spacial score (nSPS) is 27.2.